The van der Waals surface area contributed by atoms with Crippen LogP contribution in [0.3, 0.4) is 0 Å². The number of carbonyl (C=O) groups excluding carboxylic acids is 2. The third-order valence-electron chi connectivity index (χ3n) is 5.62. The van der Waals surface area contributed by atoms with E-state index in [-0.39, 0.29) is 18.2 Å². The lowest BCUT2D eigenvalue weighted by Crippen LogP contribution is -2.52. The molecule has 0 aliphatic carbocycles. The van der Waals surface area contributed by atoms with Crippen LogP contribution < -0.4 is 14.5 Å². The summed E-state index contributed by atoms with van der Waals surface area (Å²) < 4.78 is 5.59. The van der Waals surface area contributed by atoms with Gasteiger partial charge < -0.3 is 9.64 Å². The van der Waals surface area contributed by atoms with E-state index < -0.39 is 6.04 Å². The number of anilines is 2. The largest absolute Gasteiger partial charge is 0.494 e. The topological polar surface area (TPSA) is 53.1 Å². The second-order valence-corrected chi connectivity index (χ2v) is 8.07. The predicted octanol–water partition coefficient (Wildman–Crippen LogP) is 3.58. The van der Waals surface area contributed by atoms with Gasteiger partial charge in [-0.2, -0.15) is 0 Å². The second-order valence-electron chi connectivity index (χ2n) is 7.63. The zero-order chi connectivity index (χ0) is 21.1. The molecule has 2 aliphatic rings. The number of carbonyl (C=O) groups is 2. The smallest absolute Gasteiger partial charge is 0.251 e. The van der Waals surface area contributed by atoms with Gasteiger partial charge >= 0.3 is 0 Å². The molecule has 0 N–H and O–H groups in total. The molecule has 6 nitrogen and oxygen atoms in total. The maximum atomic E-state index is 13.1. The Hall–Kier alpha value is -2.57. The Morgan fingerprint density at radius 2 is 1.73 bits per heavy atom. The number of piperazine rings is 1. The standard InChI is InChI=1S/C23H26ClN3O3/c1-2-14-30-20-8-6-18(7-9-20)27-22(28)16-21(23(27)29)26-12-10-25(11-13-26)19-5-3-4-17(24)15-19/h3-9,15,21H,2,10-14,16H2,1H3. The molecule has 0 bridgehead atoms. The monoisotopic (exact) mass is 427 g/mol. The highest BCUT2D eigenvalue weighted by Crippen LogP contribution is 2.29. The number of ether oxygens (including phenoxy) is 1. The highest BCUT2D eigenvalue weighted by Gasteiger charge is 2.43. The van der Waals surface area contributed by atoms with Gasteiger partial charge in [0.2, 0.25) is 5.91 Å². The molecule has 2 aromatic rings. The predicted molar refractivity (Wildman–Crippen MR) is 118 cm³/mol. The number of halogens is 1. The van der Waals surface area contributed by atoms with E-state index in [1.807, 2.05) is 43.3 Å². The molecule has 158 valence electrons. The summed E-state index contributed by atoms with van der Waals surface area (Å²) in [6, 6.07) is 14.6. The third kappa shape index (κ3) is 4.30. The van der Waals surface area contributed by atoms with Crippen molar-refractivity contribution in [3.05, 3.63) is 53.6 Å². The Morgan fingerprint density at radius 1 is 1.00 bits per heavy atom. The molecule has 2 aliphatic heterocycles. The van der Waals surface area contributed by atoms with Gasteiger partial charge in [0.1, 0.15) is 5.75 Å². The van der Waals surface area contributed by atoms with E-state index in [0.29, 0.717) is 17.3 Å². The molecule has 0 spiro atoms. The van der Waals surface area contributed by atoms with Crippen LogP contribution in [0.1, 0.15) is 19.8 Å². The van der Waals surface area contributed by atoms with E-state index in [4.69, 9.17) is 16.3 Å². The molecule has 0 saturated carbocycles. The first kappa shape index (κ1) is 20.7. The highest BCUT2D eigenvalue weighted by atomic mass is 35.5. The normalized spacial score (nSPS) is 20.1. The van der Waals surface area contributed by atoms with Crippen LogP contribution >= 0.6 is 11.6 Å². The maximum Gasteiger partial charge on any atom is 0.251 e. The van der Waals surface area contributed by atoms with Gasteiger partial charge in [0.15, 0.2) is 0 Å². The summed E-state index contributed by atoms with van der Waals surface area (Å²) in [7, 11) is 0. The summed E-state index contributed by atoms with van der Waals surface area (Å²) in [6.07, 6.45) is 1.15. The van der Waals surface area contributed by atoms with Crippen LogP contribution in [0.5, 0.6) is 5.75 Å². The average Bonchev–Trinajstić information content (AvgIpc) is 3.07. The van der Waals surface area contributed by atoms with Gasteiger partial charge in [-0.15, -0.1) is 0 Å². The van der Waals surface area contributed by atoms with E-state index in [1.54, 1.807) is 12.1 Å². The van der Waals surface area contributed by atoms with Crippen LogP contribution in [-0.4, -0.2) is 55.5 Å². The molecule has 1 atom stereocenters. The number of rotatable bonds is 6. The van der Waals surface area contributed by atoms with Gasteiger partial charge in [-0.05, 0) is 48.9 Å². The van der Waals surface area contributed by atoms with E-state index in [2.05, 4.69) is 9.80 Å². The second kappa shape index (κ2) is 9.06. The van der Waals surface area contributed by atoms with E-state index in [0.717, 1.165) is 44.0 Å². The van der Waals surface area contributed by atoms with E-state index >= 15 is 0 Å². The number of benzene rings is 2. The van der Waals surface area contributed by atoms with Crippen molar-refractivity contribution in [2.75, 3.05) is 42.6 Å². The minimum absolute atomic E-state index is 0.140. The zero-order valence-corrected chi connectivity index (χ0v) is 17.8. The number of hydrogen-bond donors (Lipinski definition) is 0. The molecular formula is C23H26ClN3O3. The fourth-order valence-corrected chi connectivity index (χ4v) is 4.23. The summed E-state index contributed by atoms with van der Waals surface area (Å²) >= 11 is 6.11. The highest BCUT2D eigenvalue weighted by molar-refractivity contribution is 6.30. The number of hydrogen-bond acceptors (Lipinski definition) is 5. The molecule has 2 fully saturated rings. The van der Waals surface area contributed by atoms with Crippen LogP contribution in [0.4, 0.5) is 11.4 Å². The lowest BCUT2D eigenvalue weighted by Gasteiger charge is -2.38. The molecule has 2 heterocycles. The SMILES string of the molecule is CCCOc1ccc(N2C(=O)CC(N3CCN(c4cccc(Cl)c4)CC3)C2=O)cc1. The summed E-state index contributed by atoms with van der Waals surface area (Å²) in [5.74, 6) is 0.455. The van der Waals surface area contributed by atoms with Crippen molar-refractivity contribution in [2.45, 2.75) is 25.8 Å². The fourth-order valence-electron chi connectivity index (χ4n) is 4.05. The van der Waals surface area contributed by atoms with Crippen molar-refractivity contribution < 1.29 is 14.3 Å². The van der Waals surface area contributed by atoms with Crippen LogP contribution in [0, 0.1) is 0 Å². The van der Waals surface area contributed by atoms with Gasteiger partial charge in [-0.3, -0.25) is 14.5 Å². The summed E-state index contributed by atoms with van der Waals surface area (Å²) in [5.41, 5.74) is 1.69. The first-order valence-electron chi connectivity index (χ1n) is 10.4. The number of imide groups is 1. The van der Waals surface area contributed by atoms with Crippen molar-refractivity contribution >= 4 is 34.8 Å². The molecule has 1 unspecified atom stereocenters. The zero-order valence-electron chi connectivity index (χ0n) is 17.1. The van der Waals surface area contributed by atoms with Gasteiger partial charge in [0.25, 0.3) is 5.91 Å². The van der Waals surface area contributed by atoms with Crippen LogP contribution in [0.25, 0.3) is 0 Å². The minimum atomic E-state index is -0.393. The first-order valence-corrected chi connectivity index (χ1v) is 10.8. The van der Waals surface area contributed by atoms with Crippen molar-refractivity contribution in [1.82, 2.24) is 4.90 Å². The minimum Gasteiger partial charge on any atom is -0.494 e. The van der Waals surface area contributed by atoms with Crippen LogP contribution in [0.15, 0.2) is 48.5 Å². The van der Waals surface area contributed by atoms with Crippen molar-refractivity contribution in [1.29, 1.82) is 0 Å². The first-order chi connectivity index (χ1) is 14.6. The molecule has 2 amide bonds. The Labute approximate surface area is 182 Å². The molecule has 2 aromatic carbocycles. The summed E-state index contributed by atoms with van der Waals surface area (Å²) in [6.45, 7) is 5.74. The van der Waals surface area contributed by atoms with Crippen molar-refractivity contribution in [3.63, 3.8) is 0 Å². The van der Waals surface area contributed by atoms with Crippen LogP contribution in [-0.2, 0) is 9.59 Å². The van der Waals surface area contributed by atoms with Crippen LogP contribution in [0.2, 0.25) is 5.02 Å². The van der Waals surface area contributed by atoms with Gasteiger partial charge in [0, 0.05) is 36.9 Å². The average molecular weight is 428 g/mol. The fraction of sp³-hybridized carbons (Fsp3) is 0.391. The number of amides is 2. The Bertz CT molecular complexity index is 910. The molecular weight excluding hydrogens is 402 g/mol. The van der Waals surface area contributed by atoms with Crippen molar-refractivity contribution in [3.8, 4) is 5.75 Å². The van der Waals surface area contributed by atoms with Gasteiger partial charge in [-0.1, -0.05) is 24.6 Å². The molecule has 30 heavy (non-hydrogen) atoms. The molecule has 4 rings (SSSR count). The third-order valence-corrected chi connectivity index (χ3v) is 5.85. The van der Waals surface area contributed by atoms with E-state index in [9.17, 15) is 9.59 Å². The quantitative estimate of drug-likeness (QED) is 0.659. The maximum absolute atomic E-state index is 13.1. The van der Waals surface area contributed by atoms with Crippen molar-refractivity contribution in [2.24, 2.45) is 0 Å². The summed E-state index contributed by atoms with van der Waals surface area (Å²) in [5, 5.41) is 0.716. The molecule has 0 aromatic heterocycles. The van der Waals surface area contributed by atoms with Gasteiger partial charge in [-0.25, -0.2) is 4.90 Å². The summed E-state index contributed by atoms with van der Waals surface area (Å²) in [4.78, 5) is 31.4. The lowest BCUT2D eigenvalue weighted by atomic mass is 10.1. The Balaban J connectivity index is 1.39. The molecule has 2 saturated heterocycles. The molecule has 7 heteroatoms. The number of nitrogens with zero attached hydrogens (tertiary/aromatic N) is 3. The Kier molecular flexibility index (Phi) is 6.25. The Morgan fingerprint density at radius 3 is 2.40 bits per heavy atom. The molecule has 0 radical (unpaired) electrons. The van der Waals surface area contributed by atoms with Gasteiger partial charge in [0.05, 0.1) is 24.8 Å². The van der Waals surface area contributed by atoms with E-state index in [1.165, 1.54) is 4.90 Å². The lowest BCUT2D eigenvalue weighted by molar-refractivity contribution is -0.123.